The number of nitrogens with zero attached hydrogens (tertiary/aromatic N) is 2. The van der Waals surface area contributed by atoms with Gasteiger partial charge in [-0.2, -0.15) is 0 Å². The summed E-state index contributed by atoms with van der Waals surface area (Å²) in [5.74, 6) is -1.13. The topological polar surface area (TPSA) is 23.4 Å². The molecule has 3 nitrogen and oxygen atoms in total. The fraction of sp³-hybridized carbons (Fsp3) is 0.190. The number of aryl methyl sites for hydroxylation is 1. The Morgan fingerprint density at radius 2 is 1.88 bits per heavy atom. The Kier molecular flexibility index (Phi) is 3.96. The van der Waals surface area contributed by atoms with E-state index in [9.17, 15) is 8.78 Å². The van der Waals surface area contributed by atoms with Crippen LogP contribution in [0.1, 0.15) is 16.8 Å². The van der Waals surface area contributed by atoms with Crippen LogP contribution in [0.5, 0.6) is 0 Å². The largest absolute Gasteiger partial charge is 0.367 e. The minimum absolute atomic E-state index is 0.00830. The highest BCUT2D eigenvalue weighted by molar-refractivity contribution is 5.65. The summed E-state index contributed by atoms with van der Waals surface area (Å²) >= 11 is 0. The molecule has 0 aliphatic carbocycles. The van der Waals surface area contributed by atoms with E-state index < -0.39 is 11.6 Å². The van der Waals surface area contributed by atoms with Crippen molar-refractivity contribution >= 4 is 11.4 Å². The van der Waals surface area contributed by atoms with E-state index in [4.69, 9.17) is 6.57 Å². The van der Waals surface area contributed by atoms with Gasteiger partial charge in [0, 0.05) is 30.9 Å². The van der Waals surface area contributed by atoms with E-state index in [1.165, 1.54) is 18.2 Å². The van der Waals surface area contributed by atoms with Gasteiger partial charge < -0.3 is 9.88 Å². The van der Waals surface area contributed by atoms with E-state index in [0.29, 0.717) is 17.9 Å². The third kappa shape index (κ3) is 2.74. The van der Waals surface area contributed by atoms with Crippen LogP contribution in [0.3, 0.4) is 0 Å². The number of benzene rings is 2. The lowest BCUT2D eigenvalue weighted by molar-refractivity contribution is 0.589. The summed E-state index contributed by atoms with van der Waals surface area (Å²) in [5, 5.41) is 0. The molecule has 26 heavy (non-hydrogen) atoms. The third-order valence-corrected chi connectivity index (χ3v) is 4.87. The predicted molar refractivity (Wildman–Crippen MR) is 98.3 cm³/mol. The summed E-state index contributed by atoms with van der Waals surface area (Å²) in [6, 6.07) is 11.4. The van der Waals surface area contributed by atoms with E-state index in [-0.39, 0.29) is 5.56 Å². The van der Waals surface area contributed by atoms with Crippen LogP contribution in [0.4, 0.5) is 20.2 Å². The lowest BCUT2D eigenvalue weighted by Gasteiger charge is -2.30. The number of aromatic amines is 1. The Morgan fingerprint density at radius 3 is 2.58 bits per heavy atom. The summed E-state index contributed by atoms with van der Waals surface area (Å²) in [6.45, 7) is 10.6. The molecule has 0 spiro atoms. The van der Waals surface area contributed by atoms with Crippen LogP contribution >= 0.6 is 0 Å². The van der Waals surface area contributed by atoms with E-state index >= 15 is 0 Å². The highest BCUT2D eigenvalue weighted by Crippen LogP contribution is 2.33. The summed E-state index contributed by atoms with van der Waals surface area (Å²) in [5.41, 5.74) is 5.30. The van der Waals surface area contributed by atoms with Gasteiger partial charge in [-0.1, -0.05) is 18.2 Å². The average molecular weight is 349 g/mol. The molecule has 0 fully saturated rings. The van der Waals surface area contributed by atoms with Gasteiger partial charge in [-0.3, -0.25) is 0 Å². The Labute approximate surface area is 150 Å². The van der Waals surface area contributed by atoms with Crippen LogP contribution in [0.2, 0.25) is 0 Å². The zero-order valence-electron chi connectivity index (χ0n) is 14.3. The minimum atomic E-state index is -0.564. The lowest BCUT2D eigenvalue weighted by atomic mass is 10.0. The van der Waals surface area contributed by atoms with E-state index in [0.717, 1.165) is 35.5 Å². The molecule has 0 saturated carbocycles. The molecule has 0 saturated heterocycles. The van der Waals surface area contributed by atoms with E-state index in [1.807, 2.05) is 31.2 Å². The molecule has 0 atom stereocenters. The van der Waals surface area contributed by atoms with Crippen LogP contribution in [0.15, 0.2) is 42.5 Å². The van der Waals surface area contributed by atoms with Gasteiger partial charge in [0.1, 0.15) is 11.6 Å². The first-order valence-corrected chi connectivity index (χ1v) is 8.45. The van der Waals surface area contributed by atoms with Crippen LogP contribution in [-0.4, -0.2) is 11.5 Å². The molecule has 5 heteroatoms. The molecule has 1 N–H and O–H groups in total. The minimum Gasteiger partial charge on any atom is -0.367 e. The van der Waals surface area contributed by atoms with Crippen molar-refractivity contribution in [1.29, 1.82) is 0 Å². The second-order valence-electron chi connectivity index (χ2n) is 6.54. The number of anilines is 1. The van der Waals surface area contributed by atoms with E-state index in [1.54, 1.807) is 0 Å². The maximum absolute atomic E-state index is 14.1. The molecule has 2 aromatic carbocycles. The monoisotopic (exact) mass is 349 g/mol. The molecular formula is C21H17F2N3. The number of fused-ring (bicyclic) bond motifs is 1. The molecule has 0 radical (unpaired) electrons. The first kappa shape index (κ1) is 16.3. The number of aromatic nitrogens is 1. The van der Waals surface area contributed by atoms with Crippen molar-refractivity contribution in [2.75, 3.05) is 11.4 Å². The van der Waals surface area contributed by atoms with Gasteiger partial charge in [0.2, 0.25) is 0 Å². The Hall–Kier alpha value is -3.13. The SMILES string of the molecule is [C-]#[N+]c1ccc(N2CCc3[nH]c(-c4c(F)cccc4F)cc3C2)c(C)c1. The molecule has 0 amide bonds. The van der Waals surface area contributed by atoms with Crippen molar-refractivity contribution in [3.8, 4) is 11.3 Å². The van der Waals surface area contributed by atoms with Crippen molar-refractivity contribution in [3.63, 3.8) is 0 Å². The lowest BCUT2D eigenvalue weighted by Crippen LogP contribution is -2.30. The van der Waals surface area contributed by atoms with Gasteiger partial charge in [0.05, 0.1) is 17.8 Å². The third-order valence-electron chi connectivity index (χ3n) is 4.87. The number of H-pyrrole nitrogens is 1. The number of halogens is 2. The van der Waals surface area contributed by atoms with Crippen LogP contribution in [-0.2, 0) is 13.0 Å². The molecule has 130 valence electrons. The van der Waals surface area contributed by atoms with Crippen molar-refractivity contribution in [2.45, 2.75) is 19.9 Å². The number of rotatable bonds is 2. The molecule has 0 unspecified atom stereocenters. The van der Waals surface area contributed by atoms with Gasteiger partial charge in [-0.15, -0.1) is 0 Å². The summed E-state index contributed by atoms with van der Waals surface area (Å²) in [4.78, 5) is 8.89. The van der Waals surface area contributed by atoms with Crippen LogP contribution in [0, 0.1) is 25.1 Å². The standard InChI is InChI=1S/C21H17F2N3/c1-13-10-15(24-2)6-7-20(13)26-9-8-18-14(12-26)11-19(25-18)21-16(22)4-3-5-17(21)23/h3-7,10-11,25H,8-9,12H2,1H3. The van der Waals surface area contributed by atoms with E-state index in [2.05, 4.69) is 14.7 Å². The molecule has 1 aliphatic rings. The molecule has 1 aliphatic heterocycles. The molecule has 1 aromatic heterocycles. The molecule has 3 aromatic rings. The molecule has 2 heterocycles. The fourth-order valence-electron chi connectivity index (χ4n) is 3.60. The summed E-state index contributed by atoms with van der Waals surface area (Å²) in [7, 11) is 0. The Morgan fingerprint density at radius 1 is 1.12 bits per heavy atom. The Balaban J connectivity index is 1.66. The number of nitrogens with one attached hydrogen (secondary N) is 1. The predicted octanol–water partition coefficient (Wildman–Crippen LogP) is 5.38. The van der Waals surface area contributed by atoms with Gasteiger partial charge in [0.25, 0.3) is 0 Å². The normalized spacial score (nSPS) is 13.4. The van der Waals surface area contributed by atoms with Crippen molar-refractivity contribution in [2.24, 2.45) is 0 Å². The first-order valence-electron chi connectivity index (χ1n) is 8.45. The second kappa shape index (κ2) is 6.30. The van der Waals surface area contributed by atoms with Gasteiger partial charge in [0.15, 0.2) is 5.69 Å². The second-order valence-corrected chi connectivity index (χ2v) is 6.54. The first-order chi connectivity index (χ1) is 12.6. The smallest absolute Gasteiger partial charge is 0.187 e. The Bertz CT molecular complexity index is 1010. The highest BCUT2D eigenvalue weighted by atomic mass is 19.1. The number of hydrogen-bond donors (Lipinski definition) is 1. The number of hydrogen-bond acceptors (Lipinski definition) is 1. The quantitative estimate of drug-likeness (QED) is 0.617. The zero-order chi connectivity index (χ0) is 18.3. The van der Waals surface area contributed by atoms with Crippen LogP contribution in [0.25, 0.3) is 16.1 Å². The maximum Gasteiger partial charge on any atom is 0.187 e. The van der Waals surface area contributed by atoms with Crippen LogP contribution < -0.4 is 4.90 Å². The van der Waals surface area contributed by atoms with Crippen molar-refractivity contribution < 1.29 is 8.78 Å². The zero-order valence-corrected chi connectivity index (χ0v) is 14.3. The molecular weight excluding hydrogens is 332 g/mol. The fourth-order valence-corrected chi connectivity index (χ4v) is 3.60. The van der Waals surface area contributed by atoms with Gasteiger partial charge in [-0.05, 0) is 42.3 Å². The summed E-state index contributed by atoms with van der Waals surface area (Å²) in [6.07, 6.45) is 0.773. The van der Waals surface area contributed by atoms with Crippen molar-refractivity contribution in [3.05, 3.63) is 82.3 Å². The maximum atomic E-state index is 14.1. The van der Waals surface area contributed by atoms with Gasteiger partial charge >= 0.3 is 0 Å². The summed E-state index contributed by atoms with van der Waals surface area (Å²) < 4.78 is 28.1. The average Bonchev–Trinajstić information content (AvgIpc) is 3.04. The molecule has 4 rings (SSSR count). The van der Waals surface area contributed by atoms with Crippen molar-refractivity contribution in [1.82, 2.24) is 4.98 Å². The van der Waals surface area contributed by atoms with Gasteiger partial charge in [-0.25, -0.2) is 13.6 Å². The highest BCUT2D eigenvalue weighted by Gasteiger charge is 2.22. The molecule has 0 bridgehead atoms.